The van der Waals surface area contributed by atoms with Gasteiger partial charge in [-0.25, -0.2) is 0 Å². The SMILES string of the molecule is CCCCCCC=CC=CC(C)(C)CC. The van der Waals surface area contributed by atoms with Gasteiger partial charge in [0.05, 0.1) is 0 Å². The van der Waals surface area contributed by atoms with E-state index in [1.165, 1.54) is 38.5 Å². The normalized spacial score (nSPS) is 13.1. The Balaban J connectivity index is 3.53. The maximum Gasteiger partial charge on any atom is -0.0174 e. The molecule has 0 saturated heterocycles. The quantitative estimate of drug-likeness (QED) is 0.365. The highest BCUT2D eigenvalue weighted by Crippen LogP contribution is 2.20. The molecule has 0 N–H and O–H groups in total. The van der Waals surface area contributed by atoms with E-state index in [9.17, 15) is 0 Å². The van der Waals surface area contributed by atoms with Gasteiger partial charge in [-0.2, -0.15) is 0 Å². The van der Waals surface area contributed by atoms with Crippen LogP contribution in [0.25, 0.3) is 0 Å². The van der Waals surface area contributed by atoms with Gasteiger partial charge in [0, 0.05) is 0 Å². The minimum atomic E-state index is 0.354. The van der Waals surface area contributed by atoms with Gasteiger partial charge < -0.3 is 0 Å². The third-order valence-electron chi connectivity index (χ3n) is 2.93. The van der Waals surface area contributed by atoms with E-state index in [1.54, 1.807) is 0 Å². The number of hydrogen-bond acceptors (Lipinski definition) is 0. The number of rotatable bonds is 8. The first-order valence-electron chi connectivity index (χ1n) is 6.46. The van der Waals surface area contributed by atoms with Crippen LogP contribution in [0.1, 0.15) is 66.2 Å². The Hall–Kier alpha value is -0.520. The number of hydrogen-bond donors (Lipinski definition) is 0. The molecule has 0 aromatic heterocycles. The van der Waals surface area contributed by atoms with Gasteiger partial charge in [-0.15, -0.1) is 0 Å². The first-order valence-corrected chi connectivity index (χ1v) is 6.46. The van der Waals surface area contributed by atoms with Crippen LogP contribution in [0.3, 0.4) is 0 Å². The highest BCUT2D eigenvalue weighted by molar-refractivity contribution is 5.06. The third kappa shape index (κ3) is 9.78. The van der Waals surface area contributed by atoms with Gasteiger partial charge in [-0.1, -0.05) is 71.3 Å². The molecule has 0 aromatic rings. The van der Waals surface area contributed by atoms with Crippen molar-refractivity contribution in [3.8, 4) is 0 Å². The molecule has 0 unspecified atom stereocenters. The fourth-order valence-electron chi connectivity index (χ4n) is 1.30. The van der Waals surface area contributed by atoms with Crippen molar-refractivity contribution in [3.05, 3.63) is 24.3 Å². The Kier molecular flexibility index (Phi) is 8.46. The first-order chi connectivity index (χ1) is 7.12. The van der Waals surface area contributed by atoms with Gasteiger partial charge in [0.1, 0.15) is 0 Å². The molecule has 88 valence electrons. The third-order valence-corrected chi connectivity index (χ3v) is 2.93. The lowest BCUT2D eigenvalue weighted by molar-refractivity contribution is 0.462. The van der Waals surface area contributed by atoms with Crippen LogP contribution in [0.15, 0.2) is 24.3 Å². The molecule has 0 nitrogen and oxygen atoms in total. The zero-order valence-electron chi connectivity index (χ0n) is 11.1. The fourth-order valence-corrected chi connectivity index (χ4v) is 1.30. The first kappa shape index (κ1) is 14.5. The Morgan fingerprint density at radius 3 is 2.27 bits per heavy atom. The summed E-state index contributed by atoms with van der Waals surface area (Å²) >= 11 is 0. The molecule has 0 fully saturated rings. The number of allylic oxidation sites excluding steroid dienone is 4. The summed E-state index contributed by atoms with van der Waals surface area (Å²) in [5.74, 6) is 0. The highest BCUT2D eigenvalue weighted by atomic mass is 14.1. The van der Waals surface area contributed by atoms with Gasteiger partial charge in [0.25, 0.3) is 0 Å². The van der Waals surface area contributed by atoms with E-state index >= 15 is 0 Å². The minimum absolute atomic E-state index is 0.354. The molecular formula is C15H28. The molecule has 0 aliphatic rings. The summed E-state index contributed by atoms with van der Waals surface area (Å²) < 4.78 is 0. The van der Waals surface area contributed by atoms with Crippen LogP contribution in [0.4, 0.5) is 0 Å². The topological polar surface area (TPSA) is 0 Å². The predicted molar refractivity (Wildman–Crippen MR) is 71.1 cm³/mol. The van der Waals surface area contributed by atoms with Crippen LogP contribution in [0.2, 0.25) is 0 Å². The standard InChI is InChI=1S/C15H28/c1-5-7-8-9-10-11-12-13-14-15(3,4)6-2/h11-14H,5-10H2,1-4H3. The van der Waals surface area contributed by atoms with Crippen molar-refractivity contribution in [2.45, 2.75) is 66.2 Å². The Bertz CT molecular complexity index is 184. The lowest BCUT2D eigenvalue weighted by Gasteiger charge is -2.15. The molecular weight excluding hydrogens is 180 g/mol. The summed E-state index contributed by atoms with van der Waals surface area (Å²) in [5.41, 5.74) is 0.354. The van der Waals surface area contributed by atoms with Gasteiger partial charge >= 0.3 is 0 Å². The van der Waals surface area contributed by atoms with E-state index in [-0.39, 0.29) is 0 Å². The van der Waals surface area contributed by atoms with Gasteiger partial charge in [0.15, 0.2) is 0 Å². The van der Waals surface area contributed by atoms with E-state index in [0.29, 0.717) is 5.41 Å². The highest BCUT2D eigenvalue weighted by Gasteiger charge is 2.08. The summed E-state index contributed by atoms with van der Waals surface area (Å²) in [4.78, 5) is 0. The van der Waals surface area contributed by atoms with Gasteiger partial charge in [-0.05, 0) is 24.7 Å². The lowest BCUT2D eigenvalue weighted by Crippen LogP contribution is -2.03. The largest absolute Gasteiger partial charge is 0.0845 e. The van der Waals surface area contributed by atoms with Crippen LogP contribution in [-0.2, 0) is 0 Å². The molecule has 0 amide bonds. The van der Waals surface area contributed by atoms with Gasteiger partial charge in [-0.3, -0.25) is 0 Å². The average Bonchev–Trinajstić information content (AvgIpc) is 2.22. The second kappa shape index (κ2) is 8.76. The molecule has 0 atom stereocenters. The van der Waals surface area contributed by atoms with E-state index in [2.05, 4.69) is 52.0 Å². The van der Waals surface area contributed by atoms with Crippen molar-refractivity contribution >= 4 is 0 Å². The van der Waals surface area contributed by atoms with Crippen LogP contribution < -0.4 is 0 Å². The van der Waals surface area contributed by atoms with Crippen LogP contribution in [0.5, 0.6) is 0 Å². The fraction of sp³-hybridized carbons (Fsp3) is 0.733. The summed E-state index contributed by atoms with van der Waals surface area (Å²) in [5, 5.41) is 0. The second-order valence-corrected chi connectivity index (χ2v) is 4.98. The predicted octanol–water partition coefficient (Wildman–Crippen LogP) is 5.51. The van der Waals surface area contributed by atoms with Crippen molar-refractivity contribution in [1.29, 1.82) is 0 Å². The van der Waals surface area contributed by atoms with Crippen LogP contribution in [0, 0.1) is 5.41 Å². The molecule has 0 aliphatic heterocycles. The van der Waals surface area contributed by atoms with E-state index in [0.717, 1.165) is 0 Å². The second-order valence-electron chi connectivity index (χ2n) is 4.98. The van der Waals surface area contributed by atoms with E-state index in [4.69, 9.17) is 0 Å². The van der Waals surface area contributed by atoms with Crippen molar-refractivity contribution in [1.82, 2.24) is 0 Å². The Morgan fingerprint density at radius 2 is 1.67 bits per heavy atom. The van der Waals surface area contributed by atoms with Crippen LogP contribution >= 0.6 is 0 Å². The molecule has 0 rings (SSSR count). The zero-order valence-corrected chi connectivity index (χ0v) is 11.1. The molecule has 0 aromatic carbocycles. The Labute approximate surface area is 96.5 Å². The van der Waals surface area contributed by atoms with Crippen molar-refractivity contribution in [2.75, 3.05) is 0 Å². The molecule has 0 aliphatic carbocycles. The Morgan fingerprint density at radius 1 is 0.933 bits per heavy atom. The summed E-state index contributed by atoms with van der Waals surface area (Å²) in [6.45, 7) is 9.04. The summed E-state index contributed by atoms with van der Waals surface area (Å²) in [7, 11) is 0. The molecule has 0 heteroatoms. The van der Waals surface area contributed by atoms with Crippen molar-refractivity contribution in [2.24, 2.45) is 5.41 Å². The van der Waals surface area contributed by atoms with Crippen molar-refractivity contribution in [3.63, 3.8) is 0 Å². The molecule has 15 heavy (non-hydrogen) atoms. The average molecular weight is 208 g/mol. The maximum absolute atomic E-state index is 2.30. The summed E-state index contributed by atoms with van der Waals surface area (Å²) in [6, 6.07) is 0. The van der Waals surface area contributed by atoms with E-state index in [1.807, 2.05) is 0 Å². The molecule has 0 radical (unpaired) electrons. The van der Waals surface area contributed by atoms with Crippen molar-refractivity contribution < 1.29 is 0 Å². The molecule has 0 saturated carbocycles. The molecule has 0 spiro atoms. The molecule has 0 bridgehead atoms. The zero-order chi connectivity index (χ0) is 11.6. The lowest BCUT2D eigenvalue weighted by atomic mass is 9.90. The minimum Gasteiger partial charge on any atom is -0.0845 e. The van der Waals surface area contributed by atoms with E-state index < -0.39 is 0 Å². The monoisotopic (exact) mass is 208 g/mol. The van der Waals surface area contributed by atoms with Gasteiger partial charge in [0.2, 0.25) is 0 Å². The molecule has 0 heterocycles. The maximum atomic E-state index is 2.30. The smallest absolute Gasteiger partial charge is 0.0174 e. The number of unbranched alkanes of at least 4 members (excludes halogenated alkanes) is 4. The van der Waals surface area contributed by atoms with Crippen LogP contribution in [-0.4, -0.2) is 0 Å². The summed E-state index contributed by atoms with van der Waals surface area (Å²) in [6.07, 6.45) is 16.9.